The summed E-state index contributed by atoms with van der Waals surface area (Å²) in [6, 6.07) is 8.32. The molecule has 0 amide bonds. The van der Waals surface area contributed by atoms with Crippen molar-refractivity contribution in [3.8, 4) is 33.6 Å². The Kier molecular flexibility index (Phi) is 3.50. The summed E-state index contributed by atoms with van der Waals surface area (Å²) in [6.45, 7) is 0. The number of hydrogen-bond donors (Lipinski definition) is 2. The molecule has 0 bridgehead atoms. The summed E-state index contributed by atoms with van der Waals surface area (Å²) in [4.78, 5) is 20.6. The molecule has 0 aliphatic rings. The lowest BCUT2D eigenvalue weighted by Crippen LogP contribution is -1.85. The second-order valence-electron chi connectivity index (χ2n) is 6.64. The highest BCUT2D eigenvalue weighted by Crippen LogP contribution is 2.34. The van der Waals surface area contributed by atoms with Crippen LogP contribution < -0.4 is 0 Å². The standard InChI is InChI=1S/C21H13N7S/c1-3-24-20-16(15(1)12-2-4-29-10-12)6-18(26-20)19-17-5-13(9-25-21(17)28-27-19)14-7-22-11-23-8-14/h1-11H,(H,24,26)(H,25,27,28). The van der Waals surface area contributed by atoms with Gasteiger partial charge in [0.1, 0.15) is 17.7 Å². The first-order chi connectivity index (χ1) is 14.4. The van der Waals surface area contributed by atoms with Crippen LogP contribution in [-0.4, -0.2) is 35.1 Å². The van der Waals surface area contributed by atoms with Crippen molar-refractivity contribution in [3.63, 3.8) is 0 Å². The molecule has 0 aliphatic heterocycles. The Morgan fingerprint density at radius 3 is 2.62 bits per heavy atom. The van der Waals surface area contributed by atoms with Crippen LogP contribution >= 0.6 is 11.3 Å². The summed E-state index contributed by atoms with van der Waals surface area (Å²) in [5.74, 6) is 0. The van der Waals surface area contributed by atoms with E-state index in [9.17, 15) is 0 Å². The average molecular weight is 395 g/mol. The van der Waals surface area contributed by atoms with Gasteiger partial charge in [-0.1, -0.05) is 0 Å². The molecule has 0 saturated heterocycles. The molecule has 0 radical (unpaired) electrons. The topological polar surface area (TPSA) is 96.0 Å². The molecule has 6 aromatic rings. The number of pyridine rings is 2. The maximum Gasteiger partial charge on any atom is 0.155 e. The van der Waals surface area contributed by atoms with Crippen molar-refractivity contribution in [2.24, 2.45) is 0 Å². The number of H-pyrrole nitrogens is 2. The molecule has 0 saturated carbocycles. The van der Waals surface area contributed by atoms with E-state index in [1.807, 2.05) is 12.3 Å². The monoisotopic (exact) mass is 395 g/mol. The molecule has 6 rings (SSSR count). The minimum absolute atomic E-state index is 0.727. The van der Waals surface area contributed by atoms with Gasteiger partial charge in [-0.15, -0.1) is 0 Å². The Morgan fingerprint density at radius 2 is 1.76 bits per heavy atom. The van der Waals surface area contributed by atoms with Gasteiger partial charge < -0.3 is 4.98 Å². The van der Waals surface area contributed by atoms with Crippen molar-refractivity contribution >= 4 is 33.4 Å². The second kappa shape index (κ2) is 6.32. The van der Waals surface area contributed by atoms with Crippen molar-refractivity contribution in [1.29, 1.82) is 0 Å². The molecule has 0 atom stereocenters. The summed E-state index contributed by atoms with van der Waals surface area (Å²) in [5, 5.41) is 13.7. The van der Waals surface area contributed by atoms with Gasteiger partial charge in [-0.25, -0.2) is 19.9 Å². The highest BCUT2D eigenvalue weighted by atomic mass is 32.1. The fourth-order valence-corrected chi connectivity index (χ4v) is 4.19. The zero-order chi connectivity index (χ0) is 19.2. The third kappa shape index (κ3) is 2.61. The predicted molar refractivity (Wildman–Crippen MR) is 113 cm³/mol. The summed E-state index contributed by atoms with van der Waals surface area (Å²) in [6.07, 6.45) is 8.68. The van der Waals surface area contributed by atoms with E-state index in [0.717, 1.165) is 50.1 Å². The van der Waals surface area contributed by atoms with Crippen molar-refractivity contribution in [2.75, 3.05) is 0 Å². The number of aromatic nitrogens is 7. The van der Waals surface area contributed by atoms with E-state index >= 15 is 0 Å². The normalized spacial score (nSPS) is 11.4. The lowest BCUT2D eigenvalue weighted by molar-refractivity contribution is 1.10. The molecule has 6 aromatic heterocycles. The molecule has 138 valence electrons. The van der Waals surface area contributed by atoms with Gasteiger partial charge in [0.05, 0.1) is 5.69 Å². The Labute approximate surface area is 168 Å². The van der Waals surface area contributed by atoms with Gasteiger partial charge in [0.25, 0.3) is 0 Å². The summed E-state index contributed by atoms with van der Waals surface area (Å²) in [5.41, 5.74) is 7.45. The van der Waals surface area contributed by atoms with Gasteiger partial charge in [0, 0.05) is 46.7 Å². The predicted octanol–water partition coefficient (Wildman–Crippen LogP) is 4.69. The molecule has 0 spiro atoms. The van der Waals surface area contributed by atoms with Gasteiger partial charge >= 0.3 is 0 Å². The van der Waals surface area contributed by atoms with Crippen LogP contribution in [0, 0.1) is 0 Å². The fraction of sp³-hybridized carbons (Fsp3) is 0. The van der Waals surface area contributed by atoms with E-state index in [0.29, 0.717) is 0 Å². The van der Waals surface area contributed by atoms with Crippen LogP contribution in [0.25, 0.3) is 55.7 Å². The SMILES string of the molecule is c1ncc(-c2cnc3[nH]nc(-c4cc5c(-c6ccsc6)ccnc5[nH]4)c3c2)cn1. The lowest BCUT2D eigenvalue weighted by atomic mass is 10.1. The highest BCUT2D eigenvalue weighted by molar-refractivity contribution is 7.08. The van der Waals surface area contributed by atoms with Crippen LogP contribution in [0.3, 0.4) is 0 Å². The molecule has 0 aliphatic carbocycles. The third-order valence-electron chi connectivity index (χ3n) is 4.93. The van der Waals surface area contributed by atoms with E-state index in [1.54, 1.807) is 29.9 Å². The number of aromatic amines is 2. The zero-order valence-electron chi connectivity index (χ0n) is 15.0. The number of thiophene rings is 1. The summed E-state index contributed by atoms with van der Waals surface area (Å²) in [7, 11) is 0. The fourth-order valence-electron chi connectivity index (χ4n) is 3.54. The Morgan fingerprint density at radius 1 is 0.828 bits per heavy atom. The maximum atomic E-state index is 4.51. The molecule has 6 heterocycles. The molecule has 0 fully saturated rings. The first-order valence-corrected chi connectivity index (χ1v) is 9.91. The first-order valence-electron chi connectivity index (χ1n) is 8.97. The zero-order valence-corrected chi connectivity index (χ0v) is 15.8. The minimum Gasteiger partial charge on any atom is -0.338 e. The maximum absolute atomic E-state index is 4.51. The van der Waals surface area contributed by atoms with E-state index in [4.69, 9.17) is 0 Å². The molecule has 0 unspecified atom stereocenters. The summed E-state index contributed by atoms with van der Waals surface area (Å²) >= 11 is 1.68. The first kappa shape index (κ1) is 16.1. The largest absolute Gasteiger partial charge is 0.338 e. The molecular weight excluding hydrogens is 382 g/mol. The van der Waals surface area contributed by atoms with Gasteiger partial charge in [-0.3, -0.25) is 5.10 Å². The van der Waals surface area contributed by atoms with Gasteiger partial charge in [0.2, 0.25) is 0 Å². The molecule has 2 N–H and O–H groups in total. The molecule has 7 nitrogen and oxygen atoms in total. The number of hydrogen-bond acceptors (Lipinski definition) is 6. The van der Waals surface area contributed by atoms with Crippen LogP contribution in [0.1, 0.15) is 0 Å². The van der Waals surface area contributed by atoms with Crippen molar-refractivity contribution in [1.82, 2.24) is 35.1 Å². The molecule has 29 heavy (non-hydrogen) atoms. The van der Waals surface area contributed by atoms with E-state index in [2.05, 4.69) is 64.1 Å². The van der Waals surface area contributed by atoms with Gasteiger partial charge in [0.15, 0.2) is 5.65 Å². The third-order valence-corrected chi connectivity index (χ3v) is 5.61. The van der Waals surface area contributed by atoms with Crippen molar-refractivity contribution < 1.29 is 0 Å². The highest BCUT2D eigenvalue weighted by Gasteiger charge is 2.15. The minimum atomic E-state index is 0.727. The molecule has 0 aromatic carbocycles. The Hall–Kier alpha value is -3.91. The molecule has 8 heteroatoms. The van der Waals surface area contributed by atoms with Gasteiger partial charge in [-0.2, -0.15) is 16.4 Å². The van der Waals surface area contributed by atoms with Crippen LogP contribution in [0.5, 0.6) is 0 Å². The number of nitrogens with zero attached hydrogens (tertiary/aromatic N) is 5. The smallest absolute Gasteiger partial charge is 0.155 e. The average Bonchev–Trinajstić information content (AvgIpc) is 3.52. The van der Waals surface area contributed by atoms with E-state index in [-0.39, 0.29) is 0 Å². The van der Waals surface area contributed by atoms with Crippen LogP contribution in [0.15, 0.2) is 66.1 Å². The second-order valence-corrected chi connectivity index (χ2v) is 7.42. The van der Waals surface area contributed by atoms with Crippen molar-refractivity contribution in [3.05, 3.63) is 66.1 Å². The van der Waals surface area contributed by atoms with E-state index in [1.165, 1.54) is 11.9 Å². The lowest BCUT2D eigenvalue weighted by Gasteiger charge is -2.00. The number of rotatable bonds is 3. The van der Waals surface area contributed by atoms with Crippen LogP contribution in [0.4, 0.5) is 0 Å². The molecular formula is C21H13N7S. The Bertz CT molecular complexity index is 1450. The van der Waals surface area contributed by atoms with Crippen molar-refractivity contribution in [2.45, 2.75) is 0 Å². The van der Waals surface area contributed by atoms with Gasteiger partial charge in [-0.05, 0) is 46.2 Å². The number of nitrogens with one attached hydrogen (secondary N) is 2. The van der Waals surface area contributed by atoms with Crippen LogP contribution in [0.2, 0.25) is 0 Å². The number of fused-ring (bicyclic) bond motifs is 2. The Balaban J connectivity index is 1.53. The quantitative estimate of drug-likeness (QED) is 0.453. The van der Waals surface area contributed by atoms with E-state index < -0.39 is 0 Å². The summed E-state index contributed by atoms with van der Waals surface area (Å²) < 4.78 is 0. The van der Waals surface area contributed by atoms with Crippen LogP contribution in [-0.2, 0) is 0 Å².